The molecule has 0 aliphatic rings. The Labute approximate surface area is 186 Å². The minimum atomic E-state index is -0.410. The van der Waals surface area contributed by atoms with Gasteiger partial charge in [-0.25, -0.2) is 0 Å². The van der Waals surface area contributed by atoms with E-state index in [9.17, 15) is 9.59 Å². The molecule has 0 aliphatic carbocycles. The topological polar surface area (TPSA) is 119 Å². The Kier molecular flexibility index (Phi) is 8.26. The Bertz CT molecular complexity index is 1130. The van der Waals surface area contributed by atoms with Crippen LogP contribution in [0.25, 0.3) is 5.69 Å². The molecule has 1 aromatic carbocycles. The van der Waals surface area contributed by atoms with Gasteiger partial charge in [0.05, 0.1) is 16.4 Å². The first-order valence-electron chi connectivity index (χ1n) is 8.74. The maximum atomic E-state index is 12.6. The number of rotatable bonds is 5. The third-order valence-corrected chi connectivity index (χ3v) is 5.88. The highest BCUT2D eigenvalue weighted by atomic mass is 79.9. The smallest absolute Gasteiger partial charge is 0.257 e. The van der Waals surface area contributed by atoms with E-state index in [0.29, 0.717) is 16.7 Å². The highest BCUT2D eigenvalue weighted by molar-refractivity contribution is 9.10. The van der Waals surface area contributed by atoms with E-state index >= 15 is 0 Å². The molecular weight excluding hydrogens is 468 g/mol. The van der Waals surface area contributed by atoms with Crippen LogP contribution in [0.2, 0.25) is 0 Å². The quantitative estimate of drug-likeness (QED) is 0.323. The van der Waals surface area contributed by atoms with E-state index in [1.807, 2.05) is 50.7 Å². The van der Waals surface area contributed by atoms with Gasteiger partial charge in [0.1, 0.15) is 5.56 Å². The molecule has 0 saturated carbocycles. The SMILES string of the molecule is CSc1ccc(CNC(=O)c2cn(-c3cnn(C)c3)c(C)c(Br)c2=O)cc1.N#CN. The van der Waals surface area contributed by atoms with E-state index in [-0.39, 0.29) is 11.0 Å². The monoisotopic (exact) mass is 488 g/mol. The fourth-order valence-corrected chi connectivity index (χ4v) is 3.47. The number of nitrogens with one attached hydrogen (secondary N) is 1. The largest absolute Gasteiger partial charge is 0.348 e. The number of nitrogens with zero attached hydrogens (tertiary/aromatic N) is 4. The van der Waals surface area contributed by atoms with E-state index in [2.05, 4.69) is 32.1 Å². The Morgan fingerprint density at radius 3 is 2.50 bits per heavy atom. The summed E-state index contributed by atoms with van der Waals surface area (Å²) < 4.78 is 3.81. The number of nitriles is 1. The summed E-state index contributed by atoms with van der Waals surface area (Å²) in [5, 5.41) is 14.1. The number of carbonyl (C=O) groups is 1. The van der Waals surface area contributed by atoms with Gasteiger partial charge >= 0.3 is 0 Å². The van der Waals surface area contributed by atoms with Crippen molar-refractivity contribution in [3.63, 3.8) is 0 Å². The number of amides is 1. The number of pyridine rings is 1. The van der Waals surface area contributed by atoms with Crippen molar-refractivity contribution in [1.29, 1.82) is 5.26 Å². The van der Waals surface area contributed by atoms with Crippen LogP contribution in [0.3, 0.4) is 0 Å². The van der Waals surface area contributed by atoms with Crippen molar-refractivity contribution in [2.75, 3.05) is 6.26 Å². The molecule has 0 atom stereocenters. The van der Waals surface area contributed by atoms with Crippen LogP contribution in [0, 0.1) is 18.4 Å². The van der Waals surface area contributed by atoms with Gasteiger partial charge in [0.15, 0.2) is 6.19 Å². The molecule has 0 unspecified atom stereocenters. The zero-order valence-corrected chi connectivity index (χ0v) is 19.1. The summed E-state index contributed by atoms with van der Waals surface area (Å²) in [5.41, 5.74) is 6.36. The second-order valence-electron chi connectivity index (χ2n) is 6.17. The Balaban J connectivity index is 0.00000101. The predicted octanol–water partition coefficient (Wildman–Crippen LogP) is 2.72. The van der Waals surface area contributed by atoms with Crippen molar-refractivity contribution in [1.82, 2.24) is 19.7 Å². The number of hydrogen-bond acceptors (Lipinski definition) is 6. The molecule has 0 radical (unpaired) electrons. The maximum Gasteiger partial charge on any atom is 0.257 e. The highest BCUT2D eigenvalue weighted by Crippen LogP contribution is 2.18. The Hall–Kier alpha value is -3.03. The average Bonchev–Trinajstić information content (AvgIpc) is 3.17. The van der Waals surface area contributed by atoms with Crippen LogP contribution >= 0.6 is 27.7 Å². The van der Waals surface area contributed by atoms with Crippen LogP contribution in [0.1, 0.15) is 21.6 Å². The molecule has 156 valence electrons. The molecule has 10 heteroatoms. The number of aryl methyl sites for hydroxylation is 1. The maximum absolute atomic E-state index is 12.6. The van der Waals surface area contributed by atoms with Crippen molar-refractivity contribution in [3.8, 4) is 11.9 Å². The van der Waals surface area contributed by atoms with Gasteiger partial charge in [-0.1, -0.05) is 12.1 Å². The van der Waals surface area contributed by atoms with Crippen LogP contribution < -0.4 is 16.5 Å². The van der Waals surface area contributed by atoms with Gasteiger partial charge in [0.25, 0.3) is 5.91 Å². The summed E-state index contributed by atoms with van der Waals surface area (Å²) in [6, 6.07) is 7.93. The predicted molar refractivity (Wildman–Crippen MR) is 120 cm³/mol. The molecule has 3 N–H and O–H groups in total. The van der Waals surface area contributed by atoms with E-state index < -0.39 is 5.91 Å². The van der Waals surface area contributed by atoms with Crippen LogP contribution in [0.5, 0.6) is 0 Å². The third kappa shape index (κ3) is 5.52. The van der Waals surface area contributed by atoms with Crippen molar-refractivity contribution in [2.45, 2.75) is 18.4 Å². The van der Waals surface area contributed by atoms with Crippen LogP contribution in [-0.2, 0) is 13.6 Å². The first-order valence-corrected chi connectivity index (χ1v) is 10.8. The fraction of sp³-hybridized carbons (Fsp3) is 0.200. The molecule has 0 aliphatic heterocycles. The van der Waals surface area contributed by atoms with Crippen molar-refractivity contribution < 1.29 is 4.79 Å². The standard InChI is InChI=1S/C19H19BrN4O2S.CH2N2/c1-12-17(20)18(25)16(11-24(12)14-9-22-23(2)10-14)19(26)21-8-13-4-6-15(27-3)7-5-13;2-1-3/h4-7,9-11H,8H2,1-3H3,(H,21,26);2H2. The van der Waals surface area contributed by atoms with Gasteiger partial charge in [0.2, 0.25) is 5.43 Å². The lowest BCUT2D eigenvalue weighted by Gasteiger charge is -2.13. The fourth-order valence-electron chi connectivity index (χ4n) is 2.66. The molecule has 2 aromatic heterocycles. The van der Waals surface area contributed by atoms with Crippen molar-refractivity contribution >= 4 is 33.6 Å². The molecular formula is C20H21BrN6O2S. The van der Waals surface area contributed by atoms with E-state index in [1.54, 1.807) is 33.4 Å². The number of aromatic nitrogens is 3. The van der Waals surface area contributed by atoms with Gasteiger partial charge in [-0.3, -0.25) is 14.3 Å². The first kappa shape index (κ1) is 23.3. The zero-order valence-electron chi connectivity index (χ0n) is 16.7. The summed E-state index contributed by atoms with van der Waals surface area (Å²) in [7, 11) is 1.81. The minimum Gasteiger partial charge on any atom is -0.348 e. The first-order chi connectivity index (χ1) is 14.3. The number of hydrogen-bond donors (Lipinski definition) is 2. The van der Waals surface area contributed by atoms with Gasteiger partial charge in [-0.2, -0.15) is 10.4 Å². The lowest BCUT2D eigenvalue weighted by molar-refractivity contribution is 0.0949. The van der Waals surface area contributed by atoms with Crippen LogP contribution in [0.15, 0.2) is 57.0 Å². The van der Waals surface area contributed by atoms with E-state index in [1.165, 1.54) is 6.19 Å². The molecule has 0 fully saturated rings. The lowest BCUT2D eigenvalue weighted by Crippen LogP contribution is -2.30. The summed E-state index contributed by atoms with van der Waals surface area (Å²) in [5.74, 6) is -0.410. The molecule has 0 spiro atoms. The summed E-state index contributed by atoms with van der Waals surface area (Å²) in [4.78, 5) is 26.4. The molecule has 30 heavy (non-hydrogen) atoms. The molecule has 1 amide bonds. The molecule has 3 aromatic rings. The molecule has 0 bridgehead atoms. The number of thioether (sulfide) groups is 1. The van der Waals surface area contributed by atoms with E-state index in [4.69, 9.17) is 5.26 Å². The summed E-state index contributed by atoms with van der Waals surface area (Å²) >= 11 is 4.98. The Morgan fingerprint density at radius 2 is 1.97 bits per heavy atom. The van der Waals surface area contributed by atoms with Gasteiger partial charge in [-0.05, 0) is 46.8 Å². The van der Waals surface area contributed by atoms with Crippen molar-refractivity contribution in [3.05, 3.63) is 74.4 Å². The Morgan fingerprint density at radius 1 is 1.33 bits per heavy atom. The lowest BCUT2D eigenvalue weighted by atomic mass is 10.2. The van der Waals surface area contributed by atoms with Crippen LogP contribution in [0.4, 0.5) is 0 Å². The van der Waals surface area contributed by atoms with Crippen LogP contribution in [-0.4, -0.2) is 26.5 Å². The van der Waals surface area contributed by atoms with Gasteiger partial charge < -0.3 is 15.6 Å². The second kappa shape index (κ2) is 10.7. The number of carbonyl (C=O) groups excluding carboxylic acids is 1. The number of nitrogens with two attached hydrogens (primary N) is 1. The number of halogens is 1. The highest BCUT2D eigenvalue weighted by Gasteiger charge is 2.17. The van der Waals surface area contributed by atoms with E-state index in [0.717, 1.165) is 16.1 Å². The molecule has 8 nitrogen and oxygen atoms in total. The minimum absolute atomic E-state index is 0.0806. The van der Waals surface area contributed by atoms with Crippen molar-refractivity contribution in [2.24, 2.45) is 12.8 Å². The summed E-state index contributed by atoms with van der Waals surface area (Å²) in [6.07, 6.45) is 8.32. The number of benzene rings is 1. The average molecular weight is 489 g/mol. The molecule has 3 rings (SSSR count). The molecule has 0 saturated heterocycles. The zero-order chi connectivity index (χ0) is 22.3. The summed E-state index contributed by atoms with van der Waals surface area (Å²) in [6.45, 7) is 2.17. The van der Waals surface area contributed by atoms with Gasteiger partial charge in [0, 0.05) is 36.6 Å². The van der Waals surface area contributed by atoms with Gasteiger partial charge in [-0.15, -0.1) is 11.8 Å². The normalized spacial score (nSPS) is 9.97. The molecule has 2 heterocycles. The second-order valence-corrected chi connectivity index (χ2v) is 7.85. The third-order valence-electron chi connectivity index (χ3n) is 4.21.